The molecule has 412 valence electrons. The number of nitrogens with zero attached hydrogens (tertiary/aromatic N) is 2. The average molecular weight is 1160 g/mol. The lowest BCUT2D eigenvalue weighted by Crippen LogP contribution is -2.74. The molecule has 0 saturated heterocycles. The van der Waals surface area contributed by atoms with Gasteiger partial charge in [0.15, 0.2) is 0 Å². The molecule has 70 heavy (non-hydrogen) atoms. The Morgan fingerprint density at radius 1 is 0.429 bits per heavy atom. The van der Waals surface area contributed by atoms with Crippen molar-refractivity contribution in [3.05, 3.63) is 33.3 Å². The Kier molecular flexibility index (Phi) is 16.7. The minimum atomic E-state index is -9.15. The third-order valence-corrected chi connectivity index (χ3v) is 11.3. The molecule has 0 radical (unpaired) electrons. The summed E-state index contributed by atoms with van der Waals surface area (Å²) in [6, 6.07) is -0.130. The summed E-state index contributed by atoms with van der Waals surface area (Å²) in [4.78, 5) is 7.74. The molecule has 1 rings (SSSR count). The summed E-state index contributed by atoms with van der Waals surface area (Å²) in [5.41, 5.74) is -1.60. The van der Waals surface area contributed by atoms with E-state index in [2.05, 4.69) is 0 Å². The van der Waals surface area contributed by atoms with Gasteiger partial charge in [-0.05, 0) is 25.0 Å². The number of nitro benzene ring substituents is 1. The van der Waals surface area contributed by atoms with Crippen molar-refractivity contribution in [2.75, 3.05) is 13.1 Å². The number of halogens is 35. The number of benzene rings is 1. The topological polar surface area (TPSA) is 80.5 Å². The van der Waals surface area contributed by atoms with E-state index in [0.717, 1.165) is 0 Å². The molecule has 42 heteroatoms. The average Bonchev–Trinajstić information content (AvgIpc) is 3.15. The van der Waals surface area contributed by atoms with E-state index >= 15 is 0 Å². The zero-order valence-electron chi connectivity index (χ0n) is 31.6. The second kappa shape index (κ2) is 18.1. The Morgan fingerprint density at radius 3 is 0.914 bits per heavy atom. The molecule has 0 fully saturated rings. The van der Waals surface area contributed by atoms with Crippen LogP contribution in [0.3, 0.4) is 0 Å². The van der Waals surface area contributed by atoms with Gasteiger partial charge < -0.3 is 0 Å². The maximum atomic E-state index is 14.5. The smallest absolute Gasteiger partial charge is 0.258 e. The molecule has 0 spiro atoms. The predicted octanol–water partition coefficient (Wildman–Crippen LogP) is 13.8. The predicted molar refractivity (Wildman–Crippen MR) is 157 cm³/mol. The highest BCUT2D eigenvalue weighted by Crippen LogP contribution is 2.66. The quantitative estimate of drug-likeness (QED) is 0.0621. The Hall–Kier alpha value is -3.56. The highest BCUT2D eigenvalue weighted by molar-refractivity contribution is 7.89. The van der Waals surface area contributed by atoms with Crippen LogP contribution in [0.4, 0.5) is 155 Å². The van der Waals surface area contributed by atoms with Crippen molar-refractivity contribution in [1.82, 2.24) is 4.31 Å². The summed E-state index contributed by atoms with van der Waals surface area (Å²) in [5.74, 6) is -121. The van der Waals surface area contributed by atoms with Gasteiger partial charge in [0.2, 0.25) is 10.0 Å². The lowest BCUT2D eigenvalue weighted by molar-refractivity contribution is -0.461. The van der Waals surface area contributed by atoms with Gasteiger partial charge >= 0.3 is 95.3 Å². The highest BCUT2D eigenvalue weighted by Gasteiger charge is 2.97. The first-order valence-electron chi connectivity index (χ1n) is 16.5. The standard InChI is InChI=1S/C28H15ClF34N2O4S/c29-11-4-3-10(9-12(11)65(66)67)70(68,69)64(7-1-5-13(30,31)15(34,35)17(38,39)19(42,43)21(46,47)23(50,51)25(54,55)27(58,59)60)8-2-6-14(32,33)16(36,37)18(40,41)20(44,45)22(48,49)24(52,53)26(56,57)28(61,62)63/h3-4,9H,1-2,5-8H2. The number of hydrogen-bond acceptors (Lipinski definition) is 4. The molecule has 0 unspecified atom stereocenters. The first-order chi connectivity index (χ1) is 30.1. The fraction of sp³-hybridized carbons (Fsp3) is 0.786. The van der Waals surface area contributed by atoms with Crippen LogP contribution < -0.4 is 0 Å². The van der Waals surface area contributed by atoms with Crippen molar-refractivity contribution in [1.29, 1.82) is 0 Å². The lowest BCUT2D eigenvalue weighted by atomic mass is 9.88. The number of nitro groups is 1. The number of rotatable bonds is 23. The molecular formula is C28H15ClF34N2O4S. The van der Waals surface area contributed by atoms with Gasteiger partial charge in [-0.3, -0.25) is 10.1 Å². The van der Waals surface area contributed by atoms with E-state index in [1.807, 2.05) is 0 Å². The van der Waals surface area contributed by atoms with Crippen LogP contribution in [0.15, 0.2) is 23.1 Å². The highest BCUT2D eigenvalue weighted by atomic mass is 35.5. The van der Waals surface area contributed by atoms with Gasteiger partial charge in [-0.2, -0.15) is 154 Å². The van der Waals surface area contributed by atoms with Crippen molar-refractivity contribution < 1.29 is 163 Å². The van der Waals surface area contributed by atoms with Gasteiger partial charge in [-0.1, -0.05) is 11.6 Å². The Morgan fingerprint density at radius 2 is 0.671 bits per heavy atom. The van der Waals surface area contributed by atoms with Crippen molar-refractivity contribution in [2.24, 2.45) is 0 Å². The maximum Gasteiger partial charge on any atom is 0.460 e. The molecule has 1 aromatic rings. The van der Waals surface area contributed by atoms with E-state index < -0.39 is 169 Å². The summed E-state index contributed by atoms with van der Waals surface area (Å²) in [5, 5.41) is 10.1. The van der Waals surface area contributed by atoms with Crippen LogP contribution in [-0.4, -0.2) is 126 Å². The molecule has 0 amide bonds. The van der Waals surface area contributed by atoms with Crippen LogP contribution in [0.25, 0.3) is 0 Å². The molecule has 0 bridgehead atoms. The first-order valence-corrected chi connectivity index (χ1v) is 18.3. The molecule has 0 aliphatic heterocycles. The van der Waals surface area contributed by atoms with Gasteiger partial charge in [0.05, 0.1) is 9.82 Å². The molecule has 0 aliphatic rings. The SMILES string of the molecule is O=[N+]([O-])c1cc(S(=O)(=O)N(CCCC(F)(F)C(F)(F)C(F)(F)C(F)(F)C(F)(F)C(F)(F)C(F)(F)C(F)(F)F)CCCC(F)(F)C(F)(F)C(F)(F)C(F)(F)C(F)(F)C(F)(F)C(F)(F)C(F)(F)F)ccc1Cl. The molecule has 0 atom stereocenters. The van der Waals surface area contributed by atoms with Crippen LogP contribution in [0.5, 0.6) is 0 Å². The molecule has 0 N–H and O–H groups in total. The van der Waals surface area contributed by atoms with Gasteiger partial charge in [0.25, 0.3) is 5.69 Å². The first kappa shape index (κ1) is 64.5. The summed E-state index contributed by atoms with van der Waals surface area (Å²) < 4.78 is 489. The summed E-state index contributed by atoms with van der Waals surface area (Å²) in [6.45, 7) is -4.97. The zero-order chi connectivity index (χ0) is 56.8. The van der Waals surface area contributed by atoms with E-state index in [-0.39, 0.29) is 18.2 Å². The van der Waals surface area contributed by atoms with Crippen molar-refractivity contribution in [3.8, 4) is 0 Å². The summed E-state index contributed by atoms with van der Waals surface area (Å²) in [7, 11) is -6.23. The molecule has 1 aromatic carbocycles. The largest absolute Gasteiger partial charge is 0.460 e. The van der Waals surface area contributed by atoms with E-state index in [1.54, 1.807) is 0 Å². The van der Waals surface area contributed by atoms with E-state index in [1.165, 1.54) is 0 Å². The van der Waals surface area contributed by atoms with Crippen LogP contribution in [-0.2, 0) is 10.0 Å². The van der Waals surface area contributed by atoms with Gasteiger partial charge in [0.1, 0.15) is 5.02 Å². The number of sulfonamides is 1. The minimum Gasteiger partial charge on any atom is -0.258 e. The Bertz CT molecular complexity index is 2070. The van der Waals surface area contributed by atoms with Crippen LogP contribution in [0.1, 0.15) is 25.7 Å². The fourth-order valence-electron chi connectivity index (χ4n) is 4.96. The van der Waals surface area contributed by atoms with E-state index in [9.17, 15) is 168 Å². The van der Waals surface area contributed by atoms with E-state index in [0.29, 0.717) is 0 Å². The summed E-state index contributed by atoms with van der Waals surface area (Å²) >= 11 is 5.36. The van der Waals surface area contributed by atoms with Crippen molar-refractivity contribution in [2.45, 2.75) is 126 Å². The molecule has 0 heterocycles. The molecule has 0 saturated carbocycles. The van der Waals surface area contributed by atoms with Crippen molar-refractivity contribution >= 4 is 27.3 Å². The molecular weight excluding hydrogens is 1140 g/mol. The Labute approximate surface area is 367 Å². The minimum absolute atomic E-state index is 0.00494. The number of alkyl halides is 34. The van der Waals surface area contributed by atoms with Crippen LogP contribution in [0.2, 0.25) is 5.02 Å². The van der Waals surface area contributed by atoms with Crippen LogP contribution in [0, 0.1) is 10.1 Å². The summed E-state index contributed by atoms with van der Waals surface area (Å²) in [6.07, 6.45) is -28.7. The van der Waals surface area contributed by atoms with Gasteiger partial charge in [0, 0.05) is 32.0 Å². The fourth-order valence-corrected chi connectivity index (χ4v) is 6.68. The molecule has 0 aromatic heterocycles. The maximum absolute atomic E-state index is 14.5. The van der Waals surface area contributed by atoms with Crippen LogP contribution >= 0.6 is 11.6 Å². The lowest BCUT2D eigenvalue weighted by Gasteiger charge is -2.43. The Balaban J connectivity index is 3.82. The molecule has 0 aliphatic carbocycles. The second-order valence-corrected chi connectivity index (χ2v) is 16.1. The van der Waals surface area contributed by atoms with Gasteiger partial charge in [-0.15, -0.1) is 0 Å². The van der Waals surface area contributed by atoms with E-state index in [4.69, 9.17) is 11.6 Å². The number of hydrogen-bond donors (Lipinski definition) is 0. The zero-order valence-corrected chi connectivity index (χ0v) is 33.2. The monoisotopic (exact) mass is 1160 g/mol. The van der Waals surface area contributed by atoms with Crippen molar-refractivity contribution in [3.63, 3.8) is 0 Å². The third kappa shape index (κ3) is 9.48. The third-order valence-electron chi connectivity index (χ3n) is 9.12. The molecule has 6 nitrogen and oxygen atoms in total. The van der Waals surface area contributed by atoms with Gasteiger partial charge in [-0.25, -0.2) is 8.42 Å². The second-order valence-electron chi connectivity index (χ2n) is 13.8. The normalized spacial score (nSPS) is 16.1.